The maximum absolute atomic E-state index is 14.2. The molecule has 2 N–H and O–H groups in total. The van der Waals surface area contributed by atoms with Gasteiger partial charge in [-0.2, -0.15) is 0 Å². The summed E-state index contributed by atoms with van der Waals surface area (Å²) in [5.74, 6) is -0.746. The highest BCUT2D eigenvalue weighted by Gasteiger charge is 2.30. The lowest BCUT2D eigenvalue weighted by molar-refractivity contribution is -0.116. The van der Waals surface area contributed by atoms with Crippen molar-refractivity contribution in [1.82, 2.24) is 0 Å². The van der Waals surface area contributed by atoms with Crippen LogP contribution in [0.15, 0.2) is 30.3 Å². The van der Waals surface area contributed by atoms with Crippen LogP contribution in [0.5, 0.6) is 5.75 Å². The molecule has 2 aromatic rings. The van der Waals surface area contributed by atoms with Gasteiger partial charge in [0.15, 0.2) is 0 Å². The van der Waals surface area contributed by atoms with E-state index in [0.717, 1.165) is 0 Å². The Morgan fingerprint density at radius 2 is 2.03 bits per heavy atom. The molecule has 4 rings (SSSR count). The van der Waals surface area contributed by atoms with E-state index in [9.17, 15) is 18.7 Å². The fraction of sp³-hybridized carbons (Fsp3) is 0.381. The maximum Gasteiger partial charge on any atom is 0.224 e. The minimum atomic E-state index is -0.699. The first-order valence-corrected chi connectivity index (χ1v) is 9.92. The number of piperidine rings is 1. The Morgan fingerprint density at radius 1 is 1.21 bits per heavy atom. The first kappa shape index (κ1) is 19.9. The number of fused-ring (bicyclic) bond motifs is 1. The maximum atomic E-state index is 14.2. The van der Waals surface area contributed by atoms with Gasteiger partial charge in [-0.25, -0.2) is 8.78 Å². The smallest absolute Gasteiger partial charge is 0.224 e. The zero-order chi connectivity index (χ0) is 20.5. The van der Waals surface area contributed by atoms with Crippen LogP contribution in [0.4, 0.5) is 20.2 Å². The number of hydrogen-bond donors (Lipinski definition) is 2. The number of aliphatic hydroxyl groups excluding tert-OH is 1. The van der Waals surface area contributed by atoms with E-state index >= 15 is 0 Å². The van der Waals surface area contributed by atoms with E-state index in [0.29, 0.717) is 41.4 Å². The second-order valence-electron chi connectivity index (χ2n) is 7.42. The number of carbonyl (C=O) groups is 1. The Balaban J connectivity index is 1.41. The van der Waals surface area contributed by atoms with Crippen molar-refractivity contribution in [3.63, 3.8) is 0 Å². The van der Waals surface area contributed by atoms with E-state index in [-0.39, 0.29) is 37.1 Å². The monoisotopic (exact) mass is 422 g/mol. The molecule has 0 saturated carbocycles. The number of aliphatic hydroxyl groups is 1. The van der Waals surface area contributed by atoms with Crippen molar-refractivity contribution in [2.24, 2.45) is 5.92 Å². The summed E-state index contributed by atoms with van der Waals surface area (Å²) in [6.45, 7) is 1.11. The van der Waals surface area contributed by atoms with Gasteiger partial charge in [0.05, 0.1) is 24.1 Å². The molecule has 0 spiro atoms. The van der Waals surface area contributed by atoms with Crippen LogP contribution >= 0.6 is 11.6 Å². The van der Waals surface area contributed by atoms with E-state index in [1.807, 2.05) is 0 Å². The van der Waals surface area contributed by atoms with Gasteiger partial charge >= 0.3 is 0 Å². The molecule has 2 aromatic carbocycles. The van der Waals surface area contributed by atoms with Crippen LogP contribution in [0.2, 0.25) is 5.02 Å². The molecule has 0 radical (unpaired) electrons. The van der Waals surface area contributed by atoms with E-state index < -0.39 is 17.7 Å². The largest absolute Gasteiger partial charge is 0.493 e. The summed E-state index contributed by atoms with van der Waals surface area (Å²) in [5, 5.41) is 13.4. The van der Waals surface area contributed by atoms with Crippen molar-refractivity contribution < 1.29 is 23.4 Å². The molecule has 0 aromatic heterocycles. The van der Waals surface area contributed by atoms with Gasteiger partial charge in [0, 0.05) is 36.0 Å². The number of halogens is 3. The number of benzene rings is 2. The van der Waals surface area contributed by atoms with Gasteiger partial charge in [0.25, 0.3) is 0 Å². The Labute approximate surface area is 172 Å². The van der Waals surface area contributed by atoms with Crippen molar-refractivity contribution in [1.29, 1.82) is 0 Å². The summed E-state index contributed by atoms with van der Waals surface area (Å²) >= 11 is 5.80. The van der Waals surface area contributed by atoms with Gasteiger partial charge < -0.3 is 20.1 Å². The molecular weight excluding hydrogens is 402 g/mol. The van der Waals surface area contributed by atoms with Crippen LogP contribution in [0.1, 0.15) is 18.4 Å². The molecule has 1 saturated heterocycles. The standard InChI is InChI=1S/C21H21ClF2N2O3/c22-13-1-4-17(16(24)9-13)26-8-7-12(18(27)10-26)11-29-19-5-3-15(23)21-14(19)2-6-20(28)25-21/h1,3-5,9,12,18,27H,2,6-8,10-11H2,(H,25,28). The molecule has 1 fully saturated rings. The molecule has 2 aliphatic heterocycles. The molecule has 0 bridgehead atoms. The number of hydrogen-bond acceptors (Lipinski definition) is 4. The van der Waals surface area contributed by atoms with Crippen LogP contribution < -0.4 is 15.0 Å². The van der Waals surface area contributed by atoms with E-state index in [4.69, 9.17) is 16.3 Å². The Hall–Kier alpha value is -2.38. The molecule has 8 heteroatoms. The normalized spacial score (nSPS) is 21.5. The fourth-order valence-corrected chi connectivity index (χ4v) is 4.05. The van der Waals surface area contributed by atoms with Gasteiger partial charge in [-0.15, -0.1) is 0 Å². The van der Waals surface area contributed by atoms with Crippen molar-refractivity contribution in [2.45, 2.75) is 25.4 Å². The summed E-state index contributed by atoms with van der Waals surface area (Å²) in [5.41, 5.74) is 1.23. The third kappa shape index (κ3) is 4.16. The predicted octanol–water partition coefficient (Wildman–Crippen LogP) is 3.77. The molecule has 1 amide bonds. The zero-order valence-corrected chi connectivity index (χ0v) is 16.4. The number of ether oxygens (including phenoxy) is 1. The van der Waals surface area contributed by atoms with E-state index in [1.54, 1.807) is 23.1 Å². The molecule has 2 heterocycles. The van der Waals surface area contributed by atoms with Gasteiger partial charge in [-0.3, -0.25) is 4.79 Å². The minimum absolute atomic E-state index is 0.138. The number of nitrogens with one attached hydrogen (secondary N) is 1. The van der Waals surface area contributed by atoms with E-state index in [2.05, 4.69) is 5.32 Å². The van der Waals surface area contributed by atoms with Gasteiger partial charge in [-0.05, 0) is 43.2 Å². The lowest BCUT2D eigenvalue weighted by Crippen LogP contribution is -2.46. The lowest BCUT2D eigenvalue weighted by atomic mass is 9.94. The van der Waals surface area contributed by atoms with Crippen LogP contribution in [-0.4, -0.2) is 36.8 Å². The fourth-order valence-electron chi connectivity index (χ4n) is 3.89. The molecule has 2 atom stereocenters. The SMILES string of the molecule is O=C1CCc2c(OCC3CCN(c4ccc(Cl)cc4F)CC3O)ccc(F)c2N1. The number of carbonyl (C=O) groups excluding carboxylic acids is 1. The predicted molar refractivity (Wildman–Crippen MR) is 107 cm³/mol. The average Bonchev–Trinajstić information content (AvgIpc) is 2.68. The molecule has 154 valence electrons. The van der Waals surface area contributed by atoms with Crippen molar-refractivity contribution in [3.8, 4) is 5.75 Å². The highest BCUT2D eigenvalue weighted by atomic mass is 35.5. The van der Waals surface area contributed by atoms with Crippen LogP contribution in [0.25, 0.3) is 0 Å². The average molecular weight is 423 g/mol. The van der Waals surface area contributed by atoms with Crippen LogP contribution in [0.3, 0.4) is 0 Å². The van der Waals surface area contributed by atoms with Crippen LogP contribution in [0, 0.1) is 17.6 Å². The first-order valence-electron chi connectivity index (χ1n) is 9.54. The second-order valence-corrected chi connectivity index (χ2v) is 7.85. The van der Waals surface area contributed by atoms with Crippen molar-refractivity contribution >= 4 is 28.9 Å². The number of amides is 1. The molecule has 29 heavy (non-hydrogen) atoms. The summed E-state index contributed by atoms with van der Waals surface area (Å²) < 4.78 is 34.0. The minimum Gasteiger partial charge on any atom is -0.493 e. The van der Waals surface area contributed by atoms with Gasteiger partial charge in [-0.1, -0.05) is 11.6 Å². The first-order chi connectivity index (χ1) is 13.9. The topological polar surface area (TPSA) is 61.8 Å². The quantitative estimate of drug-likeness (QED) is 0.787. The molecular formula is C21H21ClF2N2O3. The lowest BCUT2D eigenvalue weighted by Gasteiger charge is -2.37. The molecule has 5 nitrogen and oxygen atoms in total. The zero-order valence-electron chi connectivity index (χ0n) is 15.6. The highest BCUT2D eigenvalue weighted by molar-refractivity contribution is 6.30. The third-order valence-electron chi connectivity index (χ3n) is 5.51. The number of rotatable bonds is 4. The Kier molecular flexibility index (Phi) is 5.61. The van der Waals surface area contributed by atoms with Crippen molar-refractivity contribution in [3.05, 3.63) is 52.6 Å². The third-order valence-corrected chi connectivity index (χ3v) is 5.75. The highest BCUT2D eigenvalue weighted by Crippen LogP contribution is 2.34. The summed E-state index contributed by atoms with van der Waals surface area (Å²) in [6, 6.07) is 7.31. The van der Waals surface area contributed by atoms with Crippen LogP contribution in [-0.2, 0) is 11.2 Å². The van der Waals surface area contributed by atoms with Gasteiger partial charge in [0.2, 0.25) is 5.91 Å². The second kappa shape index (κ2) is 8.16. The Bertz CT molecular complexity index is 940. The molecule has 2 aliphatic rings. The van der Waals surface area contributed by atoms with Gasteiger partial charge in [0.1, 0.15) is 17.4 Å². The molecule has 0 aliphatic carbocycles. The van der Waals surface area contributed by atoms with Crippen molar-refractivity contribution in [2.75, 3.05) is 29.9 Å². The van der Waals surface area contributed by atoms with E-state index in [1.165, 1.54) is 12.1 Å². The summed E-state index contributed by atoms with van der Waals surface area (Å²) in [4.78, 5) is 13.3. The molecule has 2 unspecified atom stereocenters. The summed E-state index contributed by atoms with van der Waals surface area (Å²) in [7, 11) is 0. The summed E-state index contributed by atoms with van der Waals surface area (Å²) in [6.07, 6.45) is 0.601. The number of anilines is 2. The number of nitrogens with zero attached hydrogens (tertiary/aromatic N) is 1. The Morgan fingerprint density at radius 3 is 2.79 bits per heavy atom. The number of β-amino-alcohol motifs (C(OH)–C–C–N with tert-alkyl or cyclic N) is 1.